The molecule has 0 radical (unpaired) electrons. The Labute approximate surface area is 140 Å². The number of hydrogen-bond acceptors (Lipinski definition) is 6. The molecule has 0 aliphatic carbocycles. The van der Waals surface area contributed by atoms with Gasteiger partial charge in [-0.25, -0.2) is 4.79 Å². The van der Waals surface area contributed by atoms with Crippen LogP contribution in [0.1, 0.15) is 39.2 Å². The fraction of sp³-hybridized carbons (Fsp3) is 0.600. The highest BCUT2D eigenvalue weighted by Gasteiger charge is 2.28. The van der Waals surface area contributed by atoms with Crippen molar-refractivity contribution in [2.75, 3.05) is 18.4 Å². The second kappa shape index (κ2) is 7.01. The molecule has 1 N–H and O–H groups in total. The zero-order valence-corrected chi connectivity index (χ0v) is 14.2. The van der Waals surface area contributed by atoms with Gasteiger partial charge in [0.1, 0.15) is 11.7 Å². The van der Waals surface area contributed by atoms with Crippen LogP contribution in [-0.4, -0.2) is 45.9 Å². The number of ether oxygens (including phenoxy) is 1. The number of carbonyl (C=O) groups is 1. The average Bonchev–Trinajstić information content (AvgIpc) is 2.47. The molecule has 1 amide bonds. The Kier molecular flexibility index (Phi) is 5.26. The van der Waals surface area contributed by atoms with Gasteiger partial charge in [0.05, 0.1) is 5.56 Å². The largest absolute Gasteiger partial charge is 0.444 e. The maximum absolute atomic E-state index is 12.2. The van der Waals surface area contributed by atoms with E-state index < -0.39 is 5.60 Å². The number of nitrogens with zero attached hydrogens (tertiary/aromatic N) is 4. The summed E-state index contributed by atoms with van der Waals surface area (Å²) in [4.78, 5) is 13.8. The van der Waals surface area contributed by atoms with Gasteiger partial charge in [0.15, 0.2) is 11.0 Å². The molecule has 1 fully saturated rings. The summed E-state index contributed by atoms with van der Waals surface area (Å²) in [5.41, 5.74) is -0.188. The van der Waals surface area contributed by atoms with E-state index in [2.05, 4.69) is 15.5 Å². The SMILES string of the molecule is CC(C)(C)OC(=O)N1CCC[C@@H](Nc2nnc(Cl)cc2C#N)C1. The van der Waals surface area contributed by atoms with Gasteiger partial charge in [-0.3, -0.25) is 0 Å². The van der Waals surface area contributed by atoms with Crippen molar-refractivity contribution in [2.45, 2.75) is 45.3 Å². The van der Waals surface area contributed by atoms with Crippen LogP contribution in [-0.2, 0) is 4.74 Å². The van der Waals surface area contributed by atoms with Crippen LogP contribution in [0.2, 0.25) is 5.15 Å². The molecular weight excluding hydrogens is 318 g/mol. The molecule has 0 unspecified atom stereocenters. The summed E-state index contributed by atoms with van der Waals surface area (Å²) >= 11 is 5.74. The topological polar surface area (TPSA) is 91.1 Å². The van der Waals surface area contributed by atoms with Crippen LogP contribution >= 0.6 is 11.6 Å². The number of piperidine rings is 1. The standard InChI is InChI=1S/C15H20ClN5O2/c1-15(2,3)23-14(22)21-6-4-5-11(9-21)18-13-10(8-17)7-12(16)19-20-13/h7,11H,4-6,9H2,1-3H3,(H,18,20)/t11-/m1/s1. The molecule has 0 saturated carbocycles. The minimum absolute atomic E-state index is 0.0150. The van der Waals surface area contributed by atoms with Crippen molar-refractivity contribution in [1.82, 2.24) is 15.1 Å². The quantitative estimate of drug-likeness (QED) is 0.892. The Morgan fingerprint density at radius 1 is 1.52 bits per heavy atom. The van der Waals surface area contributed by atoms with Crippen molar-refractivity contribution in [3.8, 4) is 6.07 Å². The first-order valence-corrected chi connectivity index (χ1v) is 7.84. The Morgan fingerprint density at radius 2 is 2.26 bits per heavy atom. The first-order valence-electron chi connectivity index (χ1n) is 7.46. The molecule has 0 spiro atoms. The Bertz CT molecular complexity index is 623. The second-order valence-electron chi connectivity index (χ2n) is 6.45. The number of halogens is 1. The van der Waals surface area contributed by atoms with E-state index in [0.717, 1.165) is 12.8 Å². The monoisotopic (exact) mass is 337 g/mol. The van der Waals surface area contributed by atoms with Crippen molar-refractivity contribution in [3.05, 3.63) is 16.8 Å². The molecule has 0 bridgehead atoms. The van der Waals surface area contributed by atoms with Crippen molar-refractivity contribution >= 4 is 23.5 Å². The van der Waals surface area contributed by atoms with Gasteiger partial charge < -0.3 is 15.0 Å². The maximum atomic E-state index is 12.2. The van der Waals surface area contributed by atoms with Gasteiger partial charge in [-0.2, -0.15) is 5.26 Å². The van der Waals surface area contributed by atoms with E-state index in [1.54, 1.807) is 4.90 Å². The Morgan fingerprint density at radius 3 is 2.91 bits per heavy atom. The minimum Gasteiger partial charge on any atom is -0.444 e. The molecular formula is C15H20ClN5O2. The van der Waals surface area contributed by atoms with E-state index in [1.165, 1.54) is 6.07 Å². The van der Waals surface area contributed by atoms with Crippen molar-refractivity contribution < 1.29 is 9.53 Å². The predicted molar refractivity (Wildman–Crippen MR) is 86.2 cm³/mol. The van der Waals surface area contributed by atoms with Gasteiger partial charge >= 0.3 is 6.09 Å². The van der Waals surface area contributed by atoms with E-state index >= 15 is 0 Å². The predicted octanol–water partition coefficient (Wildman–Crippen LogP) is 2.81. The first-order chi connectivity index (χ1) is 10.8. The zero-order valence-electron chi connectivity index (χ0n) is 13.5. The highest BCUT2D eigenvalue weighted by atomic mass is 35.5. The minimum atomic E-state index is -0.521. The van der Waals surface area contributed by atoms with E-state index in [1.807, 2.05) is 26.8 Å². The van der Waals surface area contributed by atoms with E-state index in [0.29, 0.717) is 24.5 Å². The van der Waals surface area contributed by atoms with E-state index in [4.69, 9.17) is 21.6 Å². The summed E-state index contributed by atoms with van der Waals surface area (Å²) in [5.74, 6) is 0.382. The van der Waals surface area contributed by atoms with Crippen molar-refractivity contribution in [2.24, 2.45) is 0 Å². The number of hydrogen-bond donors (Lipinski definition) is 1. The van der Waals surface area contributed by atoms with Crippen LogP contribution in [0, 0.1) is 11.3 Å². The van der Waals surface area contributed by atoms with Crippen LogP contribution in [0.5, 0.6) is 0 Å². The lowest BCUT2D eigenvalue weighted by atomic mass is 10.1. The molecule has 1 aromatic rings. The number of anilines is 1. The highest BCUT2D eigenvalue weighted by molar-refractivity contribution is 6.29. The Balaban J connectivity index is 2.02. The molecule has 124 valence electrons. The normalized spacial score (nSPS) is 18.2. The molecule has 1 atom stereocenters. The van der Waals surface area contributed by atoms with Crippen LogP contribution in [0.3, 0.4) is 0 Å². The zero-order chi connectivity index (χ0) is 17.0. The molecule has 8 heteroatoms. The number of nitrogens with one attached hydrogen (secondary N) is 1. The third-order valence-electron chi connectivity index (χ3n) is 3.30. The summed E-state index contributed by atoms with van der Waals surface area (Å²) in [7, 11) is 0. The van der Waals surface area contributed by atoms with Gasteiger partial charge in [0.25, 0.3) is 0 Å². The van der Waals surface area contributed by atoms with Gasteiger partial charge in [-0.1, -0.05) is 11.6 Å². The third-order valence-corrected chi connectivity index (χ3v) is 3.48. The average molecular weight is 338 g/mol. The number of rotatable bonds is 2. The van der Waals surface area contributed by atoms with Crippen LogP contribution in [0.4, 0.5) is 10.6 Å². The number of amides is 1. The molecule has 23 heavy (non-hydrogen) atoms. The second-order valence-corrected chi connectivity index (χ2v) is 6.84. The number of aromatic nitrogens is 2. The van der Waals surface area contributed by atoms with E-state index in [-0.39, 0.29) is 17.3 Å². The van der Waals surface area contributed by atoms with Crippen LogP contribution in [0.25, 0.3) is 0 Å². The lowest BCUT2D eigenvalue weighted by molar-refractivity contribution is 0.0206. The summed E-state index contributed by atoms with van der Waals surface area (Å²) in [6.07, 6.45) is 1.39. The number of likely N-dealkylation sites (tertiary alicyclic amines) is 1. The number of nitriles is 1. The lowest BCUT2D eigenvalue weighted by Crippen LogP contribution is -2.47. The summed E-state index contributed by atoms with van der Waals surface area (Å²) in [5, 5.41) is 20.2. The highest BCUT2D eigenvalue weighted by Crippen LogP contribution is 2.20. The number of carbonyl (C=O) groups excluding carboxylic acids is 1. The molecule has 0 aromatic carbocycles. The van der Waals surface area contributed by atoms with Gasteiger partial charge in [0.2, 0.25) is 0 Å². The van der Waals surface area contributed by atoms with Gasteiger partial charge in [0, 0.05) is 19.1 Å². The van der Waals surface area contributed by atoms with Crippen LogP contribution < -0.4 is 5.32 Å². The molecule has 7 nitrogen and oxygen atoms in total. The first kappa shape index (κ1) is 17.3. The van der Waals surface area contributed by atoms with Crippen molar-refractivity contribution in [3.63, 3.8) is 0 Å². The maximum Gasteiger partial charge on any atom is 0.410 e. The molecule has 2 heterocycles. The van der Waals surface area contributed by atoms with Gasteiger partial charge in [-0.15, -0.1) is 10.2 Å². The summed E-state index contributed by atoms with van der Waals surface area (Å²) in [6.45, 7) is 6.67. The van der Waals surface area contributed by atoms with Crippen molar-refractivity contribution in [1.29, 1.82) is 5.26 Å². The summed E-state index contributed by atoms with van der Waals surface area (Å²) < 4.78 is 5.40. The van der Waals surface area contributed by atoms with Gasteiger partial charge in [-0.05, 0) is 39.7 Å². The Hall–Kier alpha value is -2.07. The lowest BCUT2D eigenvalue weighted by Gasteiger charge is -2.34. The van der Waals surface area contributed by atoms with E-state index in [9.17, 15) is 4.79 Å². The molecule has 1 aliphatic heterocycles. The fourth-order valence-corrected chi connectivity index (χ4v) is 2.49. The van der Waals surface area contributed by atoms with Crippen LogP contribution in [0.15, 0.2) is 6.07 Å². The molecule has 1 aliphatic rings. The fourth-order valence-electron chi connectivity index (χ4n) is 2.34. The smallest absolute Gasteiger partial charge is 0.410 e. The molecule has 1 aromatic heterocycles. The molecule has 2 rings (SSSR count). The summed E-state index contributed by atoms with van der Waals surface area (Å²) in [6, 6.07) is 3.49. The molecule has 1 saturated heterocycles. The third kappa shape index (κ3) is 4.96.